The molecule has 0 saturated carbocycles. The van der Waals surface area contributed by atoms with E-state index in [2.05, 4.69) is 25.0 Å². The van der Waals surface area contributed by atoms with E-state index >= 15 is 0 Å². The number of fused-ring (bicyclic) bond motifs is 1. The SMILES string of the molecule is CNc1cc(-c2nc3cc(OC(=O)O)ccc3[nH]2)ccn1. The predicted octanol–water partition coefficient (Wildman–Crippen LogP) is 2.72. The maximum Gasteiger partial charge on any atom is 0.511 e. The van der Waals surface area contributed by atoms with Gasteiger partial charge >= 0.3 is 6.16 Å². The Kier molecular flexibility index (Phi) is 3.15. The van der Waals surface area contributed by atoms with Crippen LogP contribution >= 0.6 is 0 Å². The highest BCUT2D eigenvalue weighted by Gasteiger charge is 2.08. The van der Waals surface area contributed by atoms with Gasteiger partial charge in [-0.3, -0.25) is 0 Å². The number of carboxylic acid groups (broad SMARTS) is 1. The van der Waals surface area contributed by atoms with Crippen LogP contribution in [0, 0.1) is 0 Å². The number of rotatable bonds is 3. The van der Waals surface area contributed by atoms with Crippen molar-refractivity contribution in [2.45, 2.75) is 0 Å². The van der Waals surface area contributed by atoms with E-state index in [1.165, 1.54) is 0 Å². The Bertz CT molecular complexity index is 813. The second kappa shape index (κ2) is 5.12. The van der Waals surface area contributed by atoms with Gasteiger partial charge in [0.2, 0.25) is 0 Å². The van der Waals surface area contributed by atoms with E-state index in [4.69, 9.17) is 5.11 Å². The minimum Gasteiger partial charge on any atom is -0.449 e. The lowest BCUT2D eigenvalue weighted by Crippen LogP contribution is -2.02. The number of nitrogens with zero attached hydrogens (tertiary/aromatic N) is 2. The van der Waals surface area contributed by atoms with Crippen LogP contribution in [-0.4, -0.2) is 33.3 Å². The molecule has 21 heavy (non-hydrogen) atoms. The summed E-state index contributed by atoms with van der Waals surface area (Å²) in [4.78, 5) is 22.3. The molecule has 0 fully saturated rings. The second-order valence-corrected chi connectivity index (χ2v) is 4.31. The third-order valence-corrected chi connectivity index (χ3v) is 2.95. The molecular weight excluding hydrogens is 272 g/mol. The maximum atomic E-state index is 10.5. The van der Waals surface area contributed by atoms with Gasteiger partial charge in [-0.25, -0.2) is 14.8 Å². The van der Waals surface area contributed by atoms with Crippen molar-refractivity contribution in [2.75, 3.05) is 12.4 Å². The van der Waals surface area contributed by atoms with Crippen LogP contribution in [0.3, 0.4) is 0 Å². The highest BCUT2D eigenvalue weighted by atomic mass is 16.7. The summed E-state index contributed by atoms with van der Waals surface area (Å²) in [6, 6.07) is 8.58. The van der Waals surface area contributed by atoms with Crippen LogP contribution in [0.4, 0.5) is 10.6 Å². The zero-order valence-corrected chi connectivity index (χ0v) is 11.1. The highest BCUT2D eigenvalue weighted by Crippen LogP contribution is 2.24. The largest absolute Gasteiger partial charge is 0.511 e. The number of carbonyl (C=O) groups is 1. The molecule has 3 rings (SSSR count). The van der Waals surface area contributed by atoms with E-state index < -0.39 is 6.16 Å². The predicted molar refractivity (Wildman–Crippen MR) is 77.5 cm³/mol. The molecule has 0 atom stereocenters. The summed E-state index contributed by atoms with van der Waals surface area (Å²) < 4.78 is 4.62. The van der Waals surface area contributed by atoms with Crippen molar-refractivity contribution in [2.24, 2.45) is 0 Å². The van der Waals surface area contributed by atoms with Crippen LogP contribution in [0.5, 0.6) is 5.75 Å². The Labute approximate surface area is 119 Å². The number of H-pyrrole nitrogens is 1. The van der Waals surface area contributed by atoms with Crippen molar-refractivity contribution in [3.63, 3.8) is 0 Å². The molecule has 106 valence electrons. The highest BCUT2D eigenvalue weighted by molar-refractivity contribution is 5.81. The van der Waals surface area contributed by atoms with E-state index in [0.717, 1.165) is 16.9 Å². The van der Waals surface area contributed by atoms with Crippen LogP contribution in [0.25, 0.3) is 22.4 Å². The number of nitrogens with one attached hydrogen (secondary N) is 2. The molecule has 1 aromatic carbocycles. The summed E-state index contributed by atoms with van der Waals surface area (Å²) in [6.07, 6.45) is 0.339. The van der Waals surface area contributed by atoms with Crippen molar-refractivity contribution in [1.82, 2.24) is 15.0 Å². The molecule has 2 aromatic heterocycles. The van der Waals surface area contributed by atoms with Gasteiger partial charge in [-0.15, -0.1) is 0 Å². The average Bonchev–Trinajstić information content (AvgIpc) is 2.90. The number of aromatic amines is 1. The maximum absolute atomic E-state index is 10.5. The van der Waals surface area contributed by atoms with Crippen LogP contribution < -0.4 is 10.1 Å². The summed E-state index contributed by atoms with van der Waals surface area (Å²) >= 11 is 0. The molecule has 0 unspecified atom stereocenters. The molecule has 3 aromatic rings. The molecule has 0 saturated heterocycles. The zero-order chi connectivity index (χ0) is 14.8. The molecule has 0 aliphatic heterocycles. The van der Waals surface area contributed by atoms with Gasteiger partial charge in [0.1, 0.15) is 17.4 Å². The van der Waals surface area contributed by atoms with Gasteiger partial charge in [0.15, 0.2) is 0 Å². The molecule has 7 heteroatoms. The summed E-state index contributed by atoms with van der Waals surface area (Å²) in [5, 5.41) is 11.6. The second-order valence-electron chi connectivity index (χ2n) is 4.31. The number of hydrogen-bond donors (Lipinski definition) is 3. The fourth-order valence-electron chi connectivity index (χ4n) is 2.00. The molecule has 3 N–H and O–H groups in total. The molecule has 0 bridgehead atoms. The third-order valence-electron chi connectivity index (χ3n) is 2.95. The van der Waals surface area contributed by atoms with Gasteiger partial charge in [-0.2, -0.15) is 0 Å². The molecule has 2 heterocycles. The van der Waals surface area contributed by atoms with Gasteiger partial charge in [-0.05, 0) is 24.3 Å². The van der Waals surface area contributed by atoms with E-state index in [0.29, 0.717) is 11.3 Å². The molecular formula is C14H12N4O3. The normalized spacial score (nSPS) is 10.5. The summed E-state index contributed by atoms with van der Waals surface area (Å²) in [5.41, 5.74) is 2.31. The average molecular weight is 284 g/mol. The Morgan fingerprint density at radius 3 is 2.95 bits per heavy atom. The van der Waals surface area contributed by atoms with E-state index in [9.17, 15) is 4.79 Å². The molecule has 0 aliphatic rings. The Hall–Kier alpha value is -3.09. The monoisotopic (exact) mass is 284 g/mol. The summed E-state index contributed by atoms with van der Waals surface area (Å²) in [7, 11) is 1.79. The van der Waals surface area contributed by atoms with Gasteiger partial charge in [-0.1, -0.05) is 0 Å². The Balaban J connectivity index is 2.02. The fraction of sp³-hybridized carbons (Fsp3) is 0.0714. The van der Waals surface area contributed by atoms with Gasteiger partial charge in [0.05, 0.1) is 11.0 Å². The molecule has 7 nitrogen and oxygen atoms in total. The first-order valence-corrected chi connectivity index (χ1v) is 6.20. The number of hydrogen-bond acceptors (Lipinski definition) is 5. The molecule has 0 radical (unpaired) electrons. The quantitative estimate of drug-likeness (QED) is 0.505. The number of aromatic nitrogens is 3. The van der Waals surface area contributed by atoms with Gasteiger partial charge in [0.25, 0.3) is 0 Å². The lowest BCUT2D eigenvalue weighted by molar-refractivity contribution is 0.144. The lowest BCUT2D eigenvalue weighted by atomic mass is 10.2. The standard InChI is InChI=1S/C14H12N4O3/c1-15-12-6-8(4-5-16-12)13-17-10-3-2-9(21-14(19)20)7-11(10)18-13/h2-7H,1H3,(H,15,16)(H,17,18)(H,19,20). The van der Waals surface area contributed by atoms with Crippen molar-refractivity contribution in [3.05, 3.63) is 36.5 Å². The Morgan fingerprint density at radius 1 is 1.33 bits per heavy atom. The van der Waals surface area contributed by atoms with E-state index in [1.54, 1.807) is 31.4 Å². The van der Waals surface area contributed by atoms with Crippen molar-refractivity contribution >= 4 is 23.0 Å². The van der Waals surface area contributed by atoms with Gasteiger partial charge in [0, 0.05) is 24.9 Å². The first-order valence-electron chi connectivity index (χ1n) is 6.20. The smallest absolute Gasteiger partial charge is 0.449 e. The topological polar surface area (TPSA) is 100 Å². The van der Waals surface area contributed by atoms with Crippen molar-refractivity contribution in [3.8, 4) is 17.1 Å². The summed E-state index contributed by atoms with van der Waals surface area (Å²) in [6.45, 7) is 0. The number of anilines is 1. The fourth-order valence-corrected chi connectivity index (χ4v) is 2.00. The van der Waals surface area contributed by atoms with Crippen molar-refractivity contribution < 1.29 is 14.6 Å². The molecule has 0 aliphatic carbocycles. The van der Waals surface area contributed by atoms with Crippen LogP contribution in [0.2, 0.25) is 0 Å². The first kappa shape index (κ1) is 12.9. The van der Waals surface area contributed by atoms with E-state index in [-0.39, 0.29) is 5.75 Å². The van der Waals surface area contributed by atoms with E-state index in [1.807, 2.05) is 12.1 Å². The number of benzene rings is 1. The van der Waals surface area contributed by atoms with Gasteiger partial charge < -0.3 is 20.1 Å². The van der Waals surface area contributed by atoms with Crippen LogP contribution in [0.15, 0.2) is 36.5 Å². The van der Waals surface area contributed by atoms with Crippen LogP contribution in [-0.2, 0) is 0 Å². The van der Waals surface area contributed by atoms with Crippen LogP contribution in [0.1, 0.15) is 0 Å². The molecule has 0 amide bonds. The number of ether oxygens (including phenoxy) is 1. The van der Waals surface area contributed by atoms with Crippen molar-refractivity contribution in [1.29, 1.82) is 0 Å². The number of pyridine rings is 1. The summed E-state index contributed by atoms with van der Waals surface area (Å²) in [5.74, 6) is 1.65. The molecule has 0 spiro atoms. The zero-order valence-electron chi connectivity index (χ0n) is 11.1. The lowest BCUT2D eigenvalue weighted by Gasteiger charge is -2.00. The Morgan fingerprint density at radius 2 is 2.19 bits per heavy atom. The first-order chi connectivity index (χ1) is 10.2. The third kappa shape index (κ3) is 2.62. The minimum absolute atomic E-state index is 0.235. The minimum atomic E-state index is -1.35. The number of imidazole rings is 1.